The molecule has 0 atom stereocenters. The zero-order valence-corrected chi connectivity index (χ0v) is 38.8. The first kappa shape index (κ1) is 30.0. The van der Waals surface area contributed by atoms with Crippen molar-refractivity contribution < 1.29 is 18.9 Å². The lowest BCUT2D eigenvalue weighted by Crippen LogP contribution is -2.13. The summed E-state index contributed by atoms with van der Waals surface area (Å²) in [4.78, 5) is 0. The van der Waals surface area contributed by atoms with Crippen molar-refractivity contribution in [1.29, 1.82) is 0 Å². The van der Waals surface area contributed by atoms with Crippen molar-refractivity contribution in [2.24, 2.45) is 0 Å². The Morgan fingerprint density at radius 2 is 0.338 bits per heavy atom. The molecule has 3 bridgehead atoms. The Kier molecular flexibility index (Phi) is 3.01. The Hall–Kier alpha value is -8.36. The van der Waals surface area contributed by atoms with Gasteiger partial charge in [0.05, 0.1) is 37.5 Å². The minimum atomic E-state index is 0.414. The average Bonchev–Trinajstić information content (AvgIpc) is 4.41. The molecule has 0 spiro atoms. The fourth-order valence-corrected chi connectivity index (χ4v) is 23.6. The zero-order chi connectivity index (χ0) is 44.9. The third kappa shape index (κ3) is 1.81. The summed E-state index contributed by atoms with van der Waals surface area (Å²) in [5.74, 6) is 0. The van der Waals surface area contributed by atoms with Crippen LogP contribution in [0.3, 0.4) is 0 Å². The summed E-state index contributed by atoms with van der Waals surface area (Å²) >= 11 is 0. The molecule has 0 aliphatic rings. The van der Waals surface area contributed by atoms with Crippen LogP contribution in [0.25, 0.3) is 324 Å². The molecule has 0 saturated heterocycles. The standard InChI is InChI=1S/C68H18N2O4/c1-71-3-5-73-7-69-66-61-53-43-33-23-15-10-9-11-13-12(10)21-25(23)35-39-29(21)30-22(13)26-24-16(11)20-18-14(9)17-19(15)31(33)41-37-27(17)28(18)38-42-32(20)34(24)44-48-36(26)40(30)50-49(39)59(57(61)47(35)43)65-60(50)58(48)62-54(44)52(42)56-46(38)45(37)55(51(41)53)63(66)64(56)67(62)70(68(65)69)8-74-6-4-72-2/h3-8H2,1-2H3. The molecule has 324 valence electrons. The van der Waals surface area contributed by atoms with Crippen molar-refractivity contribution in [2.45, 2.75) is 13.5 Å². The van der Waals surface area contributed by atoms with E-state index in [4.69, 9.17) is 18.9 Å². The molecule has 6 heteroatoms. The number of ether oxygens (including phenoxy) is 4. The van der Waals surface area contributed by atoms with Crippen LogP contribution in [0.15, 0.2) is 0 Å². The third-order valence-corrected chi connectivity index (χ3v) is 24.3. The van der Waals surface area contributed by atoms with Gasteiger partial charge in [-0.1, -0.05) is 0 Å². The molecule has 0 saturated carbocycles. The molecule has 0 N–H and O–H groups in total. The molecule has 32 rings (SSSR count). The normalized spacial score (nSPS) is 16.8. The van der Waals surface area contributed by atoms with Crippen LogP contribution in [0.1, 0.15) is 0 Å². The molecule has 74 heavy (non-hydrogen) atoms. The lowest BCUT2D eigenvalue weighted by molar-refractivity contribution is 0.0315. The number of hydrogen-bond acceptors (Lipinski definition) is 4. The molecule has 3 heterocycles. The van der Waals surface area contributed by atoms with Crippen LogP contribution in [0.2, 0.25) is 0 Å². The van der Waals surface area contributed by atoms with Gasteiger partial charge in [0.1, 0.15) is 19.1 Å². The van der Waals surface area contributed by atoms with Gasteiger partial charge in [0.15, 0.2) is 0 Å². The van der Waals surface area contributed by atoms with Gasteiger partial charge in [-0.2, -0.15) is 0 Å². The van der Waals surface area contributed by atoms with Crippen LogP contribution in [0, 0.1) is 0 Å². The second-order valence-electron chi connectivity index (χ2n) is 25.3. The van der Waals surface area contributed by atoms with E-state index in [0.29, 0.717) is 39.9 Å². The van der Waals surface area contributed by atoms with Crippen LogP contribution in [0.5, 0.6) is 0 Å². The Balaban J connectivity index is 1.16. The van der Waals surface area contributed by atoms with E-state index >= 15 is 0 Å². The van der Waals surface area contributed by atoms with Gasteiger partial charge in [0.25, 0.3) is 0 Å². The summed E-state index contributed by atoms with van der Waals surface area (Å²) in [6.07, 6.45) is 0. The highest BCUT2D eigenvalue weighted by molar-refractivity contribution is 6.84. The number of benzene rings is 18. The SMILES string of the molecule is COCCOCn1c2c3c4c5c6c7c8c9c%10c%11c%12c9c9c7c7c%13c9c9c%12c%12c%14c%11c%11c%15c%10c%10c8c6c6c8c%10c%15c%10c%15c%11c%14c%11c%14c%12c9c9c%13c(c3c75)c3c9c%14c5c%11c%15c7c%10c8c(c64)c2c7c5n(COCCOC)c31. The molecule has 0 amide bonds. The third-order valence-electron chi connectivity index (χ3n) is 24.3. The smallest absolute Gasteiger partial charge is 0.126 e. The van der Waals surface area contributed by atoms with Crippen LogP contribution < -0.4 is 0 Å². The van der Waals surface area contributed by atoms with Gasteiger partial charge in [-0.3, -0.25) is 0 Å². The predicted molar refractivity (Wildman–Crippen MR) is 310 cm³/mol. The van der Waals surface area contributed by atoms with E-state index in [1.54, 1.807) is 251 Å². The number of hydrogen-bond donors (Lipinski definition) is 0. The Bertz CT molecular complexity index is 7290. The van der Waals surface area contributed by atoms with E-state index in [1.165, 1.54) is 86.7 Å². The second kappa shape index (κ2) is 7.44. The molecular formula is C68H18N2O4. The van der Waals surface area contributed by atoms with E-state index in [-0.39, 0.29) is 0 Å². The summed E-state index contributed by atoms with van der Waals surface area (Å²) < 4.78 is 31.2. The van der Waals surface area contributed by atoms with Gasteiger partial charge in [0, 0.05) is 321 Å². The first-order valence-electron chi connectivity index (χ1n) is 27.1. The molecule has 0 aliphatic heterocycles. The molecule has 3 aromatic heterocycles. The molecular weight excluding hydrogens is 909 g/mol. The largest absolute Gasteiger partial charge is 0.382 e. The van der Waals surface area contributed by atoms with E-state index in [9.17, 15) is 0 Å². The van der Waals surface area contributed by atoms with E-state index in [1.807, 2.05) is 0 Å². The van der Waals surface area contributed by atoms with Crippen molar-refractivity contribution in [3.05, 3.63) is 0 Å². The van der Waals surface area contributed by atoms with Gasteiger partial charge in [-0.15, -0.1) is 0 Å². The summed E-state index contributed by atoms with van der Waals surface area (Å²) in [5, 5.41) is 89.3. The molecule has 29 aromatic carbocycles. The Morgan fingerprint density at radius 1 is 0.189 bits per heavy atom. The number of aromatic nitrogens is 2. The average molecular weight is 927 g/mol. The summed E-state index contributed by atoms with van der Waals surface area (Å²) in [6.45, 7) is 2.95. The number of methoxy groups -OCH3 is 2. The van der Waals surface area contributed by atoms with Crippen LogP contribution in [-0.2, 0) is 32.4 Å². The van der Waals surface area contributed by atoms with E-state index in [2.05, 4.69) is 9.13 Å². The number of nitrogens with zero attached hydrogens (tertiary/aromatic N) is 2. The Labute approximate surface area is 403 Å². The molecule has 32 aromatic rings. The van der Waals surface area contributed by atoms with Crippen LogP contribution in [0.4, 0.5) is 0 Å². The highest BCUT2D eigenvalue weighted by atomic mass is 16.5. The van der Waals surface area contributed by atoms with Gasteiger partial charge in [0.2, 0.25) is 0 Å². The molecule has 6 nitrogen and oxygen atoms in total. The summed E-state index contributed by atoms with van der Waals surface area (Å²) in [6, 6.07) is 0. The topological polar surface area (TPSA) is 46.8 Å². The molecule has 0 aliphatic carbocycles. The minimum absolute atomic E-state index is 0.414. The predicted octanol–water partition coefficient (Wildman–Crippen LogP) is 17.7. The number of rotatable bonds is 10. The van der Waals surface area contributed by atoms with Crippen molar-refractivity contribution in [2.75, 3.05) is 40.6 Å². The Morgan fingerprint density at radius 3 is 0.514 bits per heavy atom. The monoisotopic (exact) mass is 926 g/mol. The van der Waals surface area contributed by atoms with Crippen LogP contribution in [-0.4, -0.2) is 49.8 Å². The first-order chi connectivity index (χ1) is 36.9. The molecule has 0 fully saturated rings. The minimum Gasteiger partial charge on any atom is -0.382 e. The lowest BCUT2D eigenvalue weighted by atomic mass is 9.87. The second-order valence-corrected chi connectivity index (χ2v) is 25.3. The quantitative estimate of drug-likeness (QED) is 0.101. The molecule has 0 radical (unpaired) electrons. The van der Waals surface area contributed by atoms with Crippen LogP contribution >= 0.6 is 0 Å². The first-order valence-corrected chi connectivity index (χ1v) is 27.1. The fraction of sp³-hybridized carbons (Fsp3) is 0.118. The highest BCUT2D eigenvalue weighted by Crippen LogP contribution is 2.79. The van der Waals surface area contributed by atoms with Crippen molar-refractivity contribution >= 4 is 324 Å². The van der Waals surface area contributed by atoms with Gasteiger partial charge in [-0.05, 0) is 0 Å². The maximum atomic E-state index is 7.10. The molecule has 0 unspecified atom stereocenters. The van der Waals surface area contributed by atoms with E-state index < -0.39 is 0 Å². The zero-order valence-electron chi connectivity index (χ0n) is 38.8. The fourth-order valence-electron chi connectivity index (χ4n) is 23.6. The summed E-state index contributed by atoms with van der Waals surface area (Å²) in [7, 11) is 3.60. The van der Waals surface area contributed by atoms with Crippen molar-refractivity contribution in [1.82, 2.24) is 9.13 Å². The van der Waals surface area contributed by atoms with Gasteiger partial charge in [-0.25, -0.2) is 0 Å². The maximum absolute atomic E-state index is 7.10. The maximum Gasteiger partial charge on any atom is 0.126 e. The van der Waals surface area contributed by atoms with Crippen molar-refractivity contribution in [3.8, 4) is 0 Å². The lowest BCUT2D eigenvalue weighted by Gasteiger charge is -2.17. The van der Waals surface area contributed by atoms with E-state index in [0.717, 1.165) is 0 Å². The van der Waals surface area contributed by atoms with Gasteiger partial charge < -0.3 is 28.1 Å². The summed E-state index contributed by atoms with van der Waals surface area (Å²) in [5.41, 5.74) is 3.99. The van der Waals surface area contributed by atoms with Gasteiger partial charge >= 0.3 is 0 Å². The highest BCUT2D eigenvalue weighted by Gasteiger charge is 2.50. The van der Waals surface area contributed by atoms with Crippen molar-refractivity contribution in [3.63, 3.8) is 0 Å².